The highest BCUT2D eigenvalue weighted by molar-refractivity contribution is 5.44. The molecule has 1 aromatic rings. The quantitative estimate of drug-likeness (QED) is 0.758. The molecule has 0 aliphatic heterocycles. The van der Waals surface area contributed by atoms with Crippen molar-refractivity contribution in [2.24, 2.45) is 0 Å². The standard InChI is InChI=1S/C13H21F2N3O/c1-3-16-10(2)12-5-4-11(8-17-12)18(6-7-19)9-13(14)15/h4-5,8,10,13,16,19H,3,6-7,9H2,1-2H3. The number of aliphatic hydroxyl groups excluding tert-OH is 1. The van der Waals surface area contributed by atoms with Crippen molar-refractivity contribution in [3.8, 4) is 0 Å². The van der Waals surface area contributed by atoms with Crippen molar-refractivity contribution < 1.29 is 13.9 Å². The summed E-state index contributed by atoms with van der Waals surface area (Å²) in [5.74, 6) is 0. The number of pyridine rings is 1. The van der Waals surface area contributed by atoms with E-state index in [-0.39, 0.29) is 19.2 Å². The molecular weight excluding hydrogens is 252 g/mol. The number of nitrogens with one attached hydrogen (secondary N) is 1. The fourth-order valence-electron chi connectivity index (χ4n) is 1.86. The summed E-state index contributed by atoms with van der Waals surface area (Å²) in [6.07, 6.45) is -0.867. The Morgan fingerprint density at radius 3 is 2.63 bits per heavy atom. The van der Waals surface area contributed by atoms with Gasteiger partial charge >= 0.3 is 0 Å². The van der Waals surface area contributed by atoms with Crippen LogP contribution in [-0.4, -0.2) is 42.8 Å². The summed E-state index contributed by atoms with van der Waals surface area (Å²) in [5.41, 5.74) is 1.47. The first-order chi connectivity index (χ1) is 9.08. The maximum absolute atomic E-state index is 12.4. The van der Waals surface area contributed by atoms with Crippen molar-refractivity contribution in [1.29, 1.82) is 0 Å². The Kier molecular flexibility index (Phi) is 6.66. The minimum absolute atomic E-state index is 0.125. The van der Waals surface area contributed by atoms with Crippen LogP contribution in [0.25, 0.3) is 0 Å². The summed E-state index contributed by atoms with van der Waals surface area (Å²) in [7, 11) is 0. The van der Waals surface area contributed by atoms with Crippen molar-refractivity contribution in [2.75, 3.05) is 31.1 Å². The van der Waals surface area contributed by atoms with Crippen molar-refractivity contribution in [3.05, 3.63) is 24.0 Å². The molecule has 1 unspecified atom stereocenters. The monoisotopic (exact) mass is 273 g/mol. The fraction of sp³-hybridized carbons (Fsp3) is 0.615. The molecule has 0 fully saturated rings. The number of rotatable bonds is 8. The van der Waals surface area contributed by atoms with Crippen LogP contribution >= 0.6 is 0 Å². The molecule has 6 heteroatoms. The van der Waals surface area contributed by atoms with Crippen LogP contribution in [0.3, 0.4) is 0 Å². The lowest BCUT2D eigenvalue weighted by Gasteiger charge is -2.23. The van der Waals surface area contributed by atoms with Crippen LogP contribution in [0.2, 0.25) is 0 Å². The van der Waals surface area contributed by atoms with Crippen LogP contribution < -0.4 is 10.2 Å². The van der Waals surface area contributed by atoms with Gasteiger partial charge in [-0.2, -0.15) is 0 Å². The molecule has 0 saturated heterocycles. The third-order valence-electron chi connectivity index (χ3n) is 2.82. The van der Waals surface area contributed by atoms with E-state index in [0.717, 1.165) is 12.2 Å². The Morgan fingerprint density at radius 1 is 1.42 bits per heavy atom. The lowest BCUT2D eigenvalue weighted by molar-refractivity contribution is 0.153. The van der Waals surface area contributed by atoms with E-state index in [2.05, 4.69) is 10.3 Å². The summed E-state index contributed by atoms with van der Waals surface area (Å²) in [6.45, 7) is 4.46. The van der Waals surface area contributed by atoms with Crippen LogP contribution in [0.5, 0.6) is 0 Å². The van der Waals surface area contributed by atoms with Crippen LogP contribution in [0.15, 0.2) is 18.3 Å². The first-order valence-electron chi connectivity index (χ1n) is 6.41. The van der Waals surface area contributed by atoms with E-state index in [1.54, 1.807) is 12.3 Å². The summed E-state index contributed by atoms with van der Waals surface area (Å²) < 4.78 is 24.9. The van der Waals surface area contributed by atoms with Gasteiger partial charge in [0.05, 0.1) is 30.7 Å². The molecule has 0 spiro atoms. The molecule has 0 saturated carbocycles. The maximum Gasteiger partial charge on any atom is 0.255 e. The van der Waals surface area contributed by atoms with Gasteiger partial charge in [0.15, 0.2) is 0 Å². The minimum Gasteiger partial charge on any atom is -0.395 e. The molecule has 1 rings (SSSR count). The number of hydrogen-bond donors (Lipinski definition) is 2. The molecule has 1 aromatic heterocycles. The van der Waals surface area contributed by atoms with Crippen molar-refractivity contribution in [1.82, 2.24) is 10.3 Å². The number of halogens is 2. The molecule has 1 atom stereocenters. The third kappa shape index (κ3) is 5.08. The second kappa shape index (κ2) is 8.01. The first-order valence-corrected chi connectivity index (χ1v) is 6.41. The summed E-state index contributed by atoms with van der Waals surface area (Å²) in [5, 5.41) is 12.1. The molecule has 0 aromatic carbocycles. The molecule has 19 heavy (non-hydrogen) atoms. The number of aromatic nitrogens is 1. The zero-order valence-corrected chi connectivity index (χ0v) is 11.3. The zero-order valence-electron chi connectivity index (χ0n) is 11.3. The molecule has 2 N–H and O–H groups in total. The van der Waals surface area contributed by atoms with Gasteiger partial charge in [0.1, 0.15) is 0 Å². The lowest BCUT2D eigenvalue weighted by atomic mass is 10.2. The molecular formula is C13H21F2N3O. The molecule has 0 aliphatic carbocycles. The van der Waals surface area contributed by atoms with E-state index >= 15 is 0 Å². The largest absolute Gasteiger partial charge is 0.395 e. The Labute approximate surface area is 112 Å². The highest BCUT2D eigenvalue weighted by Crippen LogP contribution is 2.17. The summed E-state index contributed by atoms with van der Waals surface area (Å²) >= 11 is 0. The van der Waals surface area contributed by atoms with Crippen LogP contribution in [0.4, 0.5) is 14.5 Å². The molecule has 1 heterocycles. The van der Waals surface area contributed by atoms with Gasteiger partial charge in [0.2, 0.25) is 0 Å². The van der Waals surface area contributed by atoms with Gasteiger partial charge < -0.3 is 15.3 Å². The van der Waals surface area contributed by atoms with Gasteiger partial charge in [-0.1, -0.05) is 6.92 Å². The second-order valence-corrected chi connectivity index (χ2v) is 4.28. The molecule has 108 valence electrons. The lowest BCUT2D eigenvalue weighted by Crippen LogP contribution is -2.31. The predicted molar refractivity (Wildman–Crippen MR) is 71.6 cm³/mol. The Hall–Kier alpha value is -1.27. The maximum atomic E-state index is 12.4. The fourth-order valence-corrected chi connectivity index (χ4v) is 1.86. The minimum atomic E-state index is -2.44. The van der Waals surface area contributed by atoms with Crippen LogP contribution in [-0.2, 0) is 0 Å². The first kappa shape index (κ1) is 15.8. The Morgan fingerprint density at radius 2 is 2.16 bits per heavy atom. The Balaban J connectivity index is 2.76. The molecule has 0 bridgehead atoms. The smallest absolute Gasteiger partial charge is 0.255 e. The van der Waals surface area contributed by atoms with E-state index in [1.165, 1.54) is 4.90 Å². The summed E-state index contributed by atoms with van der Waals surface area (Å²) in [6, 6.07) is 3.70. The number of alkyl halides is 2. The second-order valence-electron chi connectivity index (χ2n) is 4.28. The zero-order chi connectivity index (χ0) is 14.3. The highest BCUT2D eigenvalue weighted by atomic mass is 19.3. The topological polar surface area (TPSA) is 48.4 Å². The van der Waals surface area contributed by atoms with Gasteiger partial charge in [-0.15, -0.1) is 0 Å². The SMILES string of the molecule is CCNC(C)c1ccc(N(CCO)CC(F)F)cn1. The number of anilines is 1. The number of hydrogen-bond acceptors (Lipinski definition) is 4. The van der Waals surface area contributed by atoms with Crippen LogP contribution in [0, 0.1) is 0 Å². The van der Waals surface area contributed by atoms with Gasteiger partial charge in [0.25, 0.3) is 6.43 Å². The molecule has 0 aliphatic rings. The van der Waals surface area contributed by atoms with Crippen LogP contribution in [0.1, 0.15) is 25.6 Å². The molecule has 0 amide bonds. The third-order valence-corrected chi connectivity index (χ3v) is 2.82. The van der Waals surface area contributed by atoms with E-state index in [9.17, 15) is 8.78 Å². The van der Waals surface area contributed by atoms with E-state index < -0.39 is 13.0 Å². The van der Waals surface area contributed by atoms with Gasteiger partial charge in [-0.3, -0.25) is 4.98 Å². The van der Waals surface area contributed by atoms with Crippen molar-refractivity contribution in [2.45, 2.75) is 26.3 Å². The normalized spacial score (nSPS) is 12.7. The van der Waals surface area contributed by atoms with Gasteiger partial charge in [-0.05, 0) is 25.6 Å². The highest BCUT2D eigenvalue weighted by Gasteiger charge is 2.13. The van der Waals surface area contributed by atoms with E-state index in [4.69, 9.17) is 5.11 Å². The average Bonchev–Trinajstić information content (AvgIpc) is 2.38. The van der Waals surface area contributed by atoms with Crippen molar-refractivity contribution >= 4 is 5.69 Å². The molecule has 0 radical (unpaired) electrons. The average molecular weight is 273 g/mol. The van der Waals surface area contributed by atoms with E-state index in [1.807, 2.05) is 19.9 Å². The summed E-state index contributed by atoms with van der Waals surface area (Å²) in [4.78, 5) is 5.71. The molecule has 4 nitrogen and oxygen atoms in total. The van der Waals surface area contributed by atoms with E-state index in [0.29, 0.717) is 5.69 Å². The number of aliphatic hydroxyl groups is 1. The Bertz CT molecular complexity index is 359. The number of nitrogens with zero attached hydrogens (tertiary/aromatic N) is 2. The van der Waals surface area contributed by atoms with Gasteiger partial charge in [-0.25, -0.2) is 8.78 Å². The van der Waals surface area contributed by atoms with Crippen molar-refractivity contribution in [3.63, 3.8) is 0 Å². The predicted octanol–water partition coefficient (Wildman–Crippen LogP) is 1.82. The van der Waals surface area contributed by atoms with Gasteiger partial charge in [0, 0.05) is 12.6 Å².